The molecule has 0 saturated carbocycles. The van der Waals surface area contributed by atoms with Crippen molar-refractivity contribution in [2.45, 2.75) is 51.5 Å². The van der Waals surface area contributed by atoms with Gasteiger partial charge in [0.1, 0.15) is 0 Å². The van der Waals surface area contributed by atoms with E-state index in [2.05, 4.69) is 24.1 Å². The van der Waals surface area contributed by atoms with Crippen LogP contribution in [0.25, 0.3) is 10.8 Å². The van der Waals surface area contributed by atoms with Crippen LogP contribution in [0.3, 0.4) is 0 Å². The van der Waals surface area contributed by atoms with E-state index in [4.69, 9.17) is 0 Å². The van der Waals surface area contributed by atoms with Crippen LogP contribution >= 0.6 is 0 Å². The van der Waals surface area contributed by atoms with Gasteiger partial charge in [0.15, 0.2) is 0 Å². The van der Waals surface area contributed by atoms with Gasteiger partial charge in [0.2, 0.25) is 5.91 Å². The highest BCUT2D eigenvalue weighted by Crippen LogP contribution is 2.24. The Morgan fingerprint density at radius 1 is 0.935 bits per heavy atom. The van der Waals surface area contributed by atoms with Gasteiger partial charge in [0.05, 0.1) is 0 Å². The third kappa shape index (κ3) is 4.93. The number of fused-ring (bicyclic) bond motifs is 1. The van der Waals surface area contributed by atoms with Gasteiger partial charge in [-0.05, 0) is 69.5 Å². The number of likely N-dealkylation sites (tertiary alicyclic amines) is 2. The molecule has 31 heavy (non-hydrogen) atoms. The fourth-order valence-corrected chi connectivity index (χ4v) is 4.99. The van der Waals surface area contributed by atoms with Crippen LogP contribution < -0.4 is 5.32 Å². The molecule has 5 nitrogen and oxygen atoms in total. The second-order valence-electron chi connectivity index (χ2n) is 9.67. The first-order valence-corrected chi connectivity index (χ1v) is 11.8. The van der Waals surface area contributed by atoms with Gasteiger partial charge in [-0.3, -0.25) is 14.5 Å². The normalized spacial score (nSPS) is 18.8. The van der Waals surface area contributed by atoms with Crippen LogP contribution in [0.2, 0.25) is 0 Å². The van der Waals surface area contributed by atoms with E-state index in [1.807, 2.05) is 47.4 Å². The fraction of sp³-hybridized carbons (Fsp3) is 0.538. The molecule has 0 unspecified atom stereocenters. The SMILES string of the molecule is CC(C)(CNC(=O)C1CCN(C(=O)c2cccc3ccccc23)CC1)N1CCCCC1. The van der Waals surface area contributed by atoms with E-state index in [1.165, 1.54) is 19.3 Å². The zero-order valence-corrected chi connectivity index (χ0v) is 18.9. The number of carbonyl (C=O) groups excluding carboxylic acids is 2. The molecule has 2 fully saturated rings. The first kappa shape index (κ1) is 21.8. The number of hydrogen-bond acceptors (Lipinski definition) is 3. The van der Waals surface area contributed by atoms with Crippen LogP contribution in [0.4, 0.5) is 0 Å². The number of nitrogens with one attached hydrogen (secondary N) is 1. The highest BCUT2D eigenvalue weighted by atomic mass is 16.2. The van der Waals surface area contributed by atoms with E-state index in [0.717, 1.165) is 42.3 Å². The van der Waals surface area contributed by atoms with Crippen LogP contribution in [-0.4, -0.2) is 59.9 Å². The monoisotopic (exact) mass is 421 g/mol. The lowest BCUT2D eigenvalue weighted by atomic mass is 9.93. The van der Waals surface area contributed by atoms with Gasteiger partial charge in [0.25, 0.3) is 5.91 Å². The van der Waals surface area contributed by atoms with Gasteiger partial charge in [-0.25, -0.2) is 0 Å². The summed E-state index contributed by atoms with van der Waals surface area (Å²) in [5.41, 5.74) is 0.741. The Labute approximate surface area is 185 Å². The molecule has 2 aliphatic heterocycles. The summed E-state index contributed by atoms with van der Waals surface area (Å²) in [6.45, 7) is 8.65. The molecule has 0 radical (unpaired) electrons. The van der Waals surface area contributed by atoms with Crippen molar-refractivity contribution in [2.24, 2.45) is 5.92 Å². The molecular weight excluding hydrogens is 386 g/mol. The summed E-state index contributed by atoms with van der Waals surface area (Å²) in [7, 11) is 0. The summed E-state index contributed by atoms with van der Waals surface area (Å²) in [6, 6.07) is 13.9. The molecule has 2 aromatic rings. The molecule has 0 atom stereocenters. The second-order valence-corrected chi connectivity index (χ2v) is 9.67. The standard InChI is InChI=1S/C26H35N3O2/c1-26(2,29-15-6-3-7-16-29)19-27-24(30)21-13-17-28(18-14-21)25(31)23-12-8-10-20-9-4-5-11-22(20)23/h4-5,8-12,21H,3,6-7,13-19H2,1-2H3,(H,27,30). The summed E-state index contributed by atoms with van der Waals surface area (Å²) >= 11 is 0. The molecule has 2 aromatic carbocycles. The summed E-state index contributed by atoms with van der Waals surface area (Å²) in [6.07, 6.45) is 5.27. The van der Waals surface area contributed by atoms with Crippen LogP contribution in [-0.2, 0) is 4.79 Å². The maximum atomic E-state index is 13.1. The Kier molecular flexibility index (Phi) is 6.61. The summed E-state index contributed by atoms with van der Waals surface area (Å²) in [5, 5.41) is 5.28. The Hall–Kier alpha value is -2.40. The van der Waals surface area contributed by atoms with Crippen molar-refractivity contribution >= 4 is 22.6 Å². The molecule has 4 rings (SSSR count). The number of piperidine rings is 2. The van der Waals surface area contributed by atoms with Gasteiger partial charge >= 0.3 is 0 Å². The summed E-state index contributed by atoms with van der Waals surface area (Å²) < 4.78 is 0. The van der Waals surface area contributed by atoms with E-state index in [1.54, 1.807) is 0 Å². The Morgan fingerprint density at radius 3 is 2.35 bits per heavy atom. The number of rotatable bonds is 5. The van der Waals surface area contributed by atoms with Gasteiger partial charge in [-0.15, -0.1) is 0 Å². The molecule has 166 valence electrons. The van der Waals surface area contributed by atoms with Gasteiger partial charge in [-0.1, -0.05) is 42.8 Å². The van der Waals surface area contributed by atoms with Crippen molar-refractivity contribution in [3.8, 4) is 0 Å². The van der Waals surface area contributed by atoms with Crippen LogP contribution in [0.1, 0.15) is 56.3 Å². The van der Waals surface area contributed by atoms with E-state index in [-0.39, 0.29) is 23.3 Å². The molecule has 2 amide bonds. The smallest absolute Gasteiger partial charge is 0.254 e. The second kappa shape index (κ2) is 9.39. The molecule has 0 aromatic heterocycles. The number of carbonyl (C=O) groups is 2. The lowest BCUT2D eigenvalue weighted by Crippen LogP contribution is -2.54. The molecule has 1 N–H and O–H groups in total. The number of nitrogens with zero attached hydrogens (tertiary/aromatic N) is 2. The minimum atomic E-state index is -0.0128. The zero-order chi connectivity index (χ0) is 21.8. The van der Waals surface area contributed by atoms with E-state index in [0.29, 0.717) is 19.6 Å². The molecule has 0 aliphatic carbocycles. The molecule has 2 aliphatic rings. The fourth-order valence-electron chi connectivity index (χ4n) is 4.99. The van der Waals surface area contributed by atoms with Crippen molar-refractivity contribution in [2.75, 3.05) is 32.7 Å². The van der Waals surface area contributed by atoms with Crippen LogP contribution in [0.15, 0.2) is 42.5 Å². The largest absolute Gasteiger partial charge is 0.354 e. The molecule has 0 spiro atoms. The lowest BCUT2D eigenvalue weighted by Gasteiger charge is -2.41. The lowest BCUT2D eigenvalue weighted by molar-refractivity contribution is -0.126. The Bertz CT molecular complexity index is 920. The Morgan fingerprint density at radius 2 is 1.61 bits per heavy atom. The predicted octanol–water partition coefficient (Wildman–Crippen LogP) is 4.07. The van der Waals surface area contributed by atoms with Gasteiger partial charge in [-0.2, -0.15) is 0 Å². The third-order valence-electron chi connectivity index (χ3n) is 7.08. The minimum absolute atomic E-state index is 0.00581. The number of amides is 2. The third-order valence-corrected chi connectivity index (χ3v) is 7.08. The quantitative estimate of drug-likeness (QED) is 0.792. The van der Waals surface area contributed by atoms with Gasteiger partial charge < -0.3 is 10.2 Å². The van der Waals surface area contributed by atoms with E-state index < -0.39 is 0 Å². The topological polar surface area (TPSA) is 52.7 Å². The molecule has 5 heteroatoms. The van der Waals surface area contributed by atoms with Crippen LogP contribution in [0.5, 0.6) is 0 Å². The summed E-state index contributed by atoms with van der Waals surface area (Å²) in [4.78, 5) is 30.4. The van der Waals surface area contributed by atoms with E-state index >= 15 is 0 Å². The molecule has 2 saturated heterocycles. The minimum Gasteiger partial charge on any atom is -0.354 e. The maximum Gasteiger partial charge on any atom is 0.254 e. The highest BCUT2D eigenvalue weighted by Gasteiger charge is 2.31. The first-order valence-electron chi connectivity index (χ1n) is 11.8. The van der Waals surface area contributed by atoms with Crippen LogP contribution in [0, 0.1) is 5.92 Å². The van der Waals surface area contributed by atoms with Crippen molar-refractivity contribution in [3.05, 3.63) is 48.0 Å². The van der Waals surface area contributed by atoms with E-state index in [9.17, 15) is 9.59 Å². The predicted molar refractivity (Wildman–Crippen MR) is 125 cm³/mol. The van der Waals surface area contributed by atoms with Crippen molar-refractivity contribution in [3.63, 3.8) is 0 Å². The Balaban J connectivity index is 1.31. The maximum absolute atomic E-state index is 13.1. The van der Waals surface area contributed by atoms with Crippen molar-refractivity contribution in [1.29, 1.82) is 0 Å². The first-order chi connectivity index (χ1) is 15.0. The zero-order valence-electron chi connectivity index (χ0n) is 18.9. The van der Waals surface area contributed by atoms with Crippen molar-refractivity contribution < 1.29 is 9.59 Å². The highest BCUT2D eigenvalue weighted by molar-refractivity contribution is 6.07. The molecule has 0 bridgehead atoms. The average Bonchev–Trinajstić information content (AvgIpc) is 2.82. The average molecular weight is 422 g/mol. The van der Waals surface area contributed by atoms with Crippen molar-refractivity contribution in [1.82, 2.24) is 15.1 Å². The summed E-state index contributed by atoms with van der Waals surface area (Å²) in [5.74, 6) is 0.206. The van der Waals surface area contributed by atoms with Gasteiger partial charge in [0, 0.05) is 36.7 Å². The molecular formula is C26H35N3O2. The molecule has 2 heterocycles. The number of hydrogen-bond donors (Lipinski definition) is 1. The number of benzene rings is 2.